The van der Waals surface area contributed by atoms with E-state index in [9.17, 15) is 9.59 Å². The number of nitrogens with zero attached hydrogens (tertiary/aromatic N) is 3. The first-order chi connectivity index (χ1) is 14.7. The molecule has 0 atom stereocenters. The minimum atomic E-state index is -0.110. The predicted octanol–water partition coefficient (Wildman–Crippen LogP) is 2.48. The van der Waals surface area contributed by atoms with Crippen LogP contribution in [0.3, 0.4) is 0 Å². The zero-order valence-corrected chi connectivity index (χ0v) is 16.5. The number of hydrogen-bond acceptors (Lipinski definition) is 5. The minimum absolute atomic E-state index is 0.0839. The van der Waals surface area contributed by atoms with Crippen molar-refractivity contribution in [3.63, 3.8) is 0 Å². The maximum Gasteiger partial charge on any atom is 0.317 e. The quantitative estimate of drug-likeness (QED) is 0.600. The monoisotopic (exact) mass is 405 g/mol. The second-order valence-electron chi connectivity index (χ2n) is 7.01. The third kappa shape index (κ3) is 4.83. The molecular formula is C22H23N5O3. The Labute approximate surface area is 174 Å². The highest BCUT2D eigenvalue weighted by Gasteiger charge is 2.18. The summed E-state index contributed by atoms with van der Waals surface area (Å²) in [6, 6.07) is 18.0. The van der Waals surface area contributed by atoms with Gasteiger partial charge in [0.2, 0.25) is 17.7 Å². The fourth-order valence-electron chi connectivity index (χ4n) is 3.27. The van der Waals surface area contributed by atoms with E-state index in [0.717, 1.165) is 16.7 Å². The van der Waals surface area contributed by atoms with Gasteiger partial charge in [-0.15, -0.1) is 10.2 Å². The molecule has 0 bridgehead atoms. The lowest BCUT2D eigenvalue weighted by atomic mass is 10.0. The zero-order chi connectivity index (χ0) is 20.8. The first kappa shape index (κ1) is 19.6. The molecule has 1 aromatic heterocycles. The summed E-state index contributed by atoms with van der Waals surface area (Å²) >= 11 is 0. The number of hydrogen-bond donors (Lipinski definition) is 2. The van der Waals surface area contributed by atoms with Gasteiger partial charge in [0, 0.05) is 44.6 Å². The molecule has 154 valence electrons. The van der Waals surface area contributed by atoms with Crippen molar-refractivity contribution in [2.45, 2.75) is 12.8 Å². The molecular weight excluding hydrogens is 382 g/mol. The second-order valence-corrected chi connectivity index (χ2v) is 7.01. The number of rotatable bonds is 8. The van der Waals surface area contributed by atoms with Gasteiger partial charge in [-0.3, -0.25) is 4.79 Å². The molecule has 1 aliphatic rings. The van der Waals surface area contributed by atoms with Gasteiger partial charge in [-0.05, 0) is 23.3 Å². The third-order valence-electron chi connectivity index (χ3n) is 4.92. The number of carbonyl (C=O) groups excluding carboxylic acids is 2. The van der Waals surface area contributed by atoms with Gasteiger partial charge in [0.25, 0.3) is 0 Å². The lowest BCUT2D eigenvalue weighted by Gasteiger charge is -2.14. The van der Waals surface area contributed by atoms with Gasteiger partial charge < -0.3 is 20.0 Å². The van der Waals surface area contributed by atoms with E-state index in [4.69, 9.17) is 4.42 Å². The molecule has 2 N–H and O–H groups in total. The number of benzene rings is 2. The van der Waals surface area contributed by atoms with Crippen LogP contribution >= 0.6 is 0 Å². The highest BCUT2D eigenvalue weighted by Crippen LogP contribution is 2.24. The summed E-state index contributed by atoms with van der Waals surface area (Å²) in [7, 11) is 0. The van der Waals surface area contributed by atoms with Crippen LogP contribution in [0, 0.1) is 0 Å². The summed E-state index contributed by atoms with van der Waals surface area (Å²) in [4.78, 5) is 25.1. The van der Waals surface area contributed by atoms with Gasteiger partial charge in [-0.25, -0.2) is 4.79 Å². The van der Waals surface area contributed by atoms with E-state index in [0.29, 0.717) is 44.4 Å². The fourth-order valence-corrected chi connectivity index (χ4v) is 3.27. The number of carbonyl (C=O) groups is 2. The largest absolute Gasteiger partial charge is 0.421 e. The number of urea groups is 1. The molecule has 1 aliphatic heterocycles. The van der Waals surface area contributed by atoms with Crippen LogP contribution in [0.4, 0.5) is 4.79 Å². The molecule has 0 saturated carbocycles. The van der Waals surface area contributed by atoms with Crippen LogP contribution < -0.4 is 10.6 Å². The van der Waals surface area contributed by atoms with Crippen LogP contribution in [-0.4, -0.2) is 53.2 Å². The molecule has 1 fully saturated rings. The Kier molecular flexibility index (Phi) is 6.03. The first-order valence-corrected chi connectivity index (χ1v) is 9.97. The Morgan fingerprint density at radius 1 is 1.03 bits per heavy atom. The molecule has 8 heteroatoms. The van der Waals surface area contributed by atoms with Crippen molar-refractivity contribution in [2.24, 2.45) is 0 Å². The Morgan fingerprint density at radius 3 is 2.50 bits per heavy atom. The number of amides is 3. The Bertz CT molecular complexity index is 1000. The average molecular weight is 405 g/mol. The van der Waals surface area contributed by atoms with Crippen LogP contribution in [0.1, 0.15) is 12.3 Å². The number of aromatic nitrogens is 2. The van der Waals surface area contributed by atoms with Crippen molar-refractivity contribution in [3.05, 3.63) is 60.5 Å². The van der Waals surface area contributed by atoms with Crippen molar-refractivity contribution in [2.75, 3.05) is 26.2 Å². The normalized spacial score (nSPS) is 13.3. The van der Waals surface area contributed by atoms with Crippen LogP contribution in [0.2, 0.25) is 0 Å². The van der Waals surface area contributed by atoms with Crippen molar-refractivity contribution in [1.82, 2.24) is 25.7 Å². The van der Waals surface area contributed by atoms with E-state index < -0.39 is 0 Å². The highest BCUT2D eigenvalue weighted by atomic mass is 16.4. The Morgan fingerprint density at radius 2 is 1.77 bits per heavy atom. The van der Waals surface area contributed by atoms with Gasteiger partial charge in [0.05, 0.1) is 0 Å². The average Bonchev–Trinajstić information content (AvgIpc) is 3.42. The summed E-state index contributed by atoms with van der Waals surface area (Å²) in [5.74, 6) is 0.748. The molecule has 3 amide bonds. The van der Waals surface area contributed by atoms with E-state index in [2.05, 4.69) is 33.0 Å². The van der Waals surface area contributed by atoms with Crippen molar-refractivity contribution >= 4 is 11.9 Å². The Balaban J connectivity index is 1.26. The molecule has 4 rings (SSSR count). The van der Waals surface area contributed by atoms with Gasteiger partial charge in [-0.1, -0.05) is 42.5 Å². The summed E-state index contributed by atoms with van der Waals surface area (Å²) in [5, 5.41) is 13.7. The van der Waals surface area contributed by atoms with Gasteiger partial charge in [0.1, 0.15) is 0 Å². The smallest absolute Gasteiger partial charge is 0.317 e. The summed E-state index contributed by atoms with van der Waals surface area (Å²) in [5.41, 5.74) is 3.09. The molecule has 2 aromatic carbocycles. The molecule has 0 aliphatic carbocycles. The summed E-state index contributed by atoms with van der Waals surface area (Å²) in [6.45, 7) is 2.25. The van der Waals surface area contributed by atoms with E-state index in [1.807, 2.05) is 42.5 Å². The second kappa shape index (κ2) is 9.21. The van der Waals surface area contributed by atoms with Crippen molar-refractivity contribution in [1.29, 1.82) is 0 Å². The first-order valence-electron chi connectivity index (χ1n) is 9.97. The molecule has 0 spiro atoms. The lowest BCUT2D eigenvalue weighted by Crippen LogP contribution is -2.36. The molecule has 0 radical (unpaired) electrons. The number of nitrogens with one attached hydrogen (secondary N) is 2. The topological polar surface area (TPSA) is 100 Å². The van der Waals surface area contributed by atoms with Crippen LogP contribution in [0.15, 0.2) is 59.0 Å². The predicted molar refractivity (Wildman–Crippen MR) is 111 cm³/mol. The van der Waals surface area contributed by atoms with Gasteiger partial charge in [-0.2, -0.15) is 0 Å². The van der Waals surface area contributed by atoms with E-state index in [-0.39, 0.29) is 18.4 Å². The molecule has 8 nitrogen and oxygen atoms in total. The van der Waals surface area contributed by atoms with Crippen molar-refractivity contribution < 1.29 is 14.0 Å². The molecule has 0 unspecified atom stereocenters. The standard InChI is InChI=1S/C22H23N5O3/c28-19(23-12-14-27-15-13-24-22(27)29)10-11-20-25-26-21(30-20)18-8-6-17(7-9-18)16-4-2-1-3-5-16/h1-9H,10-15H2,(H,23,28)(H,24,29). The van der Waals surface area contributed by atoms with Crippen LogP contribution in [0.25, 0.3) is 22.6 Å². The number of aryl methyl sites for hydroxylation is 1. The van der Waals surface area contributed by atoms with E-state index in [1.54, 1.807) is 4.90 Å². The van der Waals surface area contributed by atoms with Crippen LogP contribution in [-0.2, 0) is 11.2 Å². The lowest BCUT2D eigenvalue weighted by molar-refractivity contribution is -0.121. The summed E-state index contributed by atoms with van der Waals surface area (Å²) in [6.07, 6.45) is 0.617. The van der Waals surface area contributed by atoms with E-state index in [1.165, 1.54) is 0 Å². The fraction of sp³-hybridized carbons (Fsp3) is 0.273. The molecule has 1 saturated heterocycles. The SMILES string of the molecule is O=C(CCc1nnc(-c2ccc(-c3ccccc3)cc2)o1)NCCN1CCNC1=O. The van der Waals surface area contributed by atoms with Gasteiger partial charge in [0.15, 0.2) is 0 Å². The van der Waals surface area contributed by atoms with Crippen molar-refractivity contribution in [3.8, 4) is 22.6 Å². The van der Waals surface area contributed by atoms with Crippen LogP contribution in [0.5, 0.6) is 0 Å². The Hall–Kier alpha value is -3.68. The zero-order valence-electron chi connectivity index (χ0n) is 16.5. The molecule has 3 aromatic rings. The maximum absolute atomic E-state index is 12.0. The molecule has 30 heavy (non-hydrogen) atoms. The minimum Gasteiger partial charge on any atom is -0.421 e. The highest BCUT2D eigenvalue weighted by molar-refractivity contribution is 5.77. The van der Waals surface area contributed by atoms with E-state index >= 15 is 0 Å². The van der Waals surface area contributed by atoms with Gasteiger partial charge >= 0.3 is 6.03 Å². The maximum atomic E-state index is 12.0. The third-order valence-corrected chi connectivity index (χ3v) is 4.92. The summed E-state index contributed by atoms with van der Waals surface area (Å²) < 4.78 is 5.70. The molecule has 2 heterocycles.